The van der Waals surface area contributed by atoms with E-state index >= 15 is 0 Å². The Kier molecular flexibility index (Phi) is 15.6. The second-order valence-corrected chi connectivity index (χ2v) is 6.72. The number of carbonyl (C=O) groups is 1. The smallest absolute Gasteiger partial charge is 0.313 e. The van der Waals surface area contributed by atoms with Crippen molar-refractivity contribution in [2.45, 2.75) is 12.8 Å². The maximum Gasteiger partial charge on any atom is 0.313 e. The number of nitrogens with two attached hydrogens (primary N) is 1. The van der Waals surface area contributed by atoms with E-state index in [-0.39, 0.29) is 33.0 Å². The molecule has 0 aromatic heterocycles. The van der Waals surface area contributed by atoms with Crippen LogP contribution in [-0.2, 0) is 23.7 Å². The van der Waals surface area contributed by atoms with E-state index in [2.05, 4.69) is 10.1 Å². The van der Waals surface area contributed by atoms with Crippen molar-refractivity contribution in [1.29, 1.82) is 0 Å². The van der Waals surface area contributed by atoms with Gasteiger partial charge in [-0.2, -0.15) is 8.78 Å². The van der Waals surface area contributed by atoms with E-state index in [0.29, 0.717) is 45.1 Å². The first-order valence-corrected chi connectivity index (χ1v) is 10.6. The minimum absolute atomic E-state index is 0.00815. The Balaban J connectivity index is 1.98. The van der Waals surface area contributed by atoms with Gasteiger partial charge in [-0.15, -0.1) is 0 Å². The van der Waals surface area contributed by atoms with Gasteiger partial charge in [0, 0.05) is 31.5 Å². The molecule has 0 aliphatic carbocycles. The van der Waals surface area contributed by atoms with Crippen LogP contribution >= 0.6 is 0 Å². The monoisotopic (exact) mass is 516 g/mol. The minimum atomic E-state index is -2.35. The topological polar surface area (TPSA) is 122 Å². The van der Waals surface area contributed by atoms with Crippen LogP contribution in [0, 0.1) is 29.1 Å². The summed E-state index contributed by atoms with van der Waals surface area (Å²) in [4.78, 5) is 11.6. The van der Waals surface area contributed by atoms with E-state index < -0.39 is 47.2 Å². The molecule has 0 unspecified atom stereocenters. The van der Waals surface area contributed by atoms with Crippen molar-refractivity contribution in [2.75, 3.05) is 66.0 Å². The van der Waals surface area contributed by atoms with Crippen LogP contribution < -0.4 is 15.8 Å². The summed E-state index contributed by atoms with van der Waals surface area (Å²) in [7, 11) is 0. The highest BCUT2D eigenvalue weighted by molar-refractivity contribution is 5.72. The molecule has 0 saturated heterocycles. The molecular weight excluding hydrogens is 487 g/mol. The van der Waals surface area contributed by atoms with Crippen molar-refractivity contribution in [3.8, 4) is 5.75 Å². The van der Waals surface area contributed by atoms with E-state index in [9.17, 15) is 26.7 Å². The summed E-state index contributed by atoms with van der Waals surface area (Å²) >= 11 is 0. The number of aliphatic hydroxyl groups excluding tert-OH is 1. The number of hydrogen-bond donors (Lipinski definition) is 3. The molecule has 0 heterocycles. The number of nitrogens with one attached hydrogen (secondary N) is 1. The molecule has 35 heavy (non-hydrogen) atoms. The number of ether oxygens (including phenoxy) is 5. The van der Waals surface area contributed by atoms with Crippen LogP contribution in [0.15, 0.2) is 11.9 Å². The number of aliphatic hydroxyl groups is 1. The summed E-state index contributed by atoms with van der Waals surface area (Å²) in [6, 6.07) is 0. The van der Waals surface area contributed by atoms with E-state index in [1.807, 2.05) is 0 Å². The zero-order chi connectivity index (χ0) is 26.1. The van der Waals surface area contributed by atoms with E-state index in [0.717, 1.165) is 0 Å². The molecule has 4 N–H and O–H groups in total. The minimum Gasteiger partial charge on any atom is -0.420 e. The molecule has 0 saturated carbocycles. The number of rotatable bonds is 19. The van der Waals surface area contributed by atoms with Crippen LogP contribution in [0.4, 0.5) is 22.0 Å². The molecule has 1 aromatic carbocycles. The fourth-order valence-corrected chi connectivity index (χ4v) is 2.29. The number of carbonyl (C=O) groups excluding carboxylic acids is 1. The van der Waals surface area contributed by atoms with Gasteiger partial charge in [0.25, 0.3) is 0 Å². The first kappa shape index (κ1) is 30.5. The molecule has 0 aliphatic heterocycles. The third-order valence-electron chi connectivity index (χ3n) is 4.03. The highest BCUT2D eigenvalue weighted by Gasteiger charge is 2.28. The molecule has 0 bridgehead atoms. The molecular formula is C21H29F5N2O7. The molecule has 0 fully saturated rings. The summed E-state index contributed by atoms with van der Waals surface area (Å²) in [5, 5.41) is 11.6. The van der Waals surface area contributed by atoms with Gasteiger partial charge in [0.05, 0.1) is 59.3 Å². The summed E-state index contributed by atoms with van der Waals surface area (Å²) in [5.74, 6) is -14.1. The zero-order valence-corrected chi connectivity index (χ0v) is 18.9. The van der Waals surface area contributed by atoms with Gasteiger partial charge in [-0.3, -0.25) is 4.79 Å². The van der Waals surface area contributed by atoms with Crippen LogP contribution in [0.5, 0.6) is 5.75 Å². The quantitative estimate of drug-likeness (QED) is 0.0628. The molecule has 0 atom stereocenters. The molecule has 1 aromatic rings. The van der Waals surface area contributed by atoms with Crippen molar-refractivity contribution in [1.82, 2.24) is 5.32 Å². The third kappa shape index (κ3) is 12.1. The van der Waals surface area contributed by atoms with Crippen LogP contribution in [-0.4, -0.2) is 77.1 Å². The van der Waals surface area contributed by atoms with Crippen LogP contribution in [0.1, 0.15) is 12.8 Å². The predicted octanol–water partition coefficient (Wildman–Crippen LogP) is 1.52. The molecule has 0 radical (unpaired) electrons. The van der Waals surface area contributed by atoms with Gasteiger partial charge in [-0.1, -0.05) is 0 Å². The van der Waals surface area contributed by atoms with E-state index in [4.69, 9.17) is 29.8 Å². The first-order valence-electron chi connectivity index (χ1n) is 10.6. The molecule has 0 spiro atoms. The Morgan fingerprint density at radius 2 is 1.20 bits per heavy atom. The first-order chi connectivity index (χ1) is 16.8. The van der Waals surface area contributed by atoms with Gasteiger partial charge >= 0.3 is 5.97 Å². The van der Waals surface area contributed by atoms with Crippen LogP contribution in [0.2, 0.25) is 0 Å². The lowest BCUT2D eigenvalue weighted by atomic mass is 10.2. The average Bonchev–Trinajstić information content (AvgIpc) is 2.84. The van der Waals surface area contributed by atoms with E-state index in [1.165, 1.54) is 0 Å². The predicted molar refractivity (Wildman–Crippen MR) is 112 cm³/mol. The Hall–Kier alpha value is -2.52. The van der Waals surface area contributed by atoms with Gasteiger partial charge < -0.3 is 39.8 Å². The van der Waals surface area contributed by atoms with Crippen LogP contribution in [0.3, 0.4) is 0 Å². The number of hydrogen-bond acceptors (Lipinski definition) is 9. The Labute approximate surface area is 198 Å². The Morgan fingerprint density at radius 1 is 0.743 bits per heavy atom. The molecule has 9 nitrogen and oxygen atoms in total. The molecule has 200 valence electrons. The molecule has 14 heteroatoms. The molecule has 1 rings (SSSR count). The molecule has 0 amide bonds. The average molecular weight is 516 g/mol. The third-order valence-corrected chi connectivity index (χ3v) is 4.03. The lowest BCUT2D eigenvalue weighted by Crippen LogP contribution is -2.18. The van der Waals surface area contributed by atoms with E-state index in [1.54, 1.807) is 6.20 Å². The maximum atomic E-state index is 13.5. The fraction of sp³-hybridized carbons (Fsp3) is 0.571. The summed E-state index contributed by atoms with van der Waals surface area (Å²) in [6.07, 6.45) is 1.54. The Morgan fingerprint density at radius 3 is 1.71 bits per heavy atom. The number of esters is 1. The van der Waals surface area contributed by atoms with Gasteiger partial charge in [0.15, 0.2) is 0 Å². The fourth-order valence-electron chi connectivity index (χ4n) is 2.29. The number of benzene rings is 1. The highest BCUT2D eigenvalue weighted by atomic mass is 19.2. The van der Waals surface area contributed by atoms with Crippen molar-refractivity contribution >= 4 is 5.97 Å². The SMILES string of the molecule is N/C(=C\NCCOCCOCCOCCOCCC(=O)Oc1c(F)c(F)c(F)c(F)c1F)CCO. The number of halogens is 5. The normalized spacial score (nSPS) is 11.7. The maximum absolute atomic E-state index is 13.5. The van der Waals surface area contributed by atoms with Gasteiger partial charge in [0.1, 0.15) is 0 Å². The van der Waals surface area contributed by atoms with Crippen molar-refractivity contribution in [3.63, 3.8) is 0 Å². The summed E-state index contributed by atoms with van der Waals surface area (Å²) in [5.41, 5.74) is 6.13. The van der Waals surface area contributed by atoms with Crippen molar-refractivity contribution < 1.29 is 55.5 Å². The summed E-state index contributed by atoms with van der Waals surface area (Å²) < 4.78 is 91.2. The van der Waals surface area contributed by atoms with Gasteiger partial charge in [-0.25, -0.2) is 13.2 Å². The van der Waals surface area contributed by atoms with Crippen LogP contribution in [0.25, 0.3) is 0 Å². The Bertz CT molecular complexity index is 786. The molecule has 0 aliphatic rings. The van der Waals surface area contributed by atoms with Gasteiger partial charge in [-0.05, 0) is 0 Å². The van der Waals surface area contributed by atoms with Crippen molar-refractivity contribution in [2.24, 2.45) is 5.73 Å². The standard InChI is InChI=1S/C21H29F5N2O7/c22-16-17(23)19(25)21(20(26)18(16)24)35-15(30)2-5-31-7-9-33-11-12-34-10-8-32-6-3-28-13-14(27)1-4-29/h13,28-29H,1-12,27H2/b14-13-. The second kappa shape index (κ2) is 17.8. The lowest BCUT2D eigenvalue weighted by molar-refractivity contribution is -0.136. The largest absolute Gasteiger partial charge is 0.420 e. The van der Waals surface area contributed by atoms with Crippen molar-refractivity contribution in [3.05, 3.63) is 41.0 Å². The lowest BCUT2D eigenvalue weighted by Gasteiger charge is -2.09. The summed E-state index contributed by atoms with van der Waals surface area (Å²) in [6.45, 7) is 2.40. The van der Waals surface area contributed by atoms with Gasteiger partial charge in [0.2, 0.25) is 34.8 Å². The highest BCUT2D eigenvalue weighted by Crippen LogP contribution is 2.29. The zero-order valence-electron chi connectivity index (χ0n) is 18.9. The second-order valence-electron chi connectivity index (χ2n) is 6.72.